The van der Waals surface area contributed by atoms with Crippen LogP contribution in [0.2, 0.25) is 0 Å². The molecule has 1 atom stereocenters. The normalized spacial score (nSPS) is 12.3. The highest BCUT2D eigenvalue weighted by atomic mass is 32.1. The highest BCUT2D eigenvalue weighted by Gasteiger charge is 2.08. The molecular weight excluding hydrogens is 172 g/mol. The summed E-state index contributed by atoms with van der Waals surface area (Å²) >= 11 is 1.56. The third-order valence-corrected chi connectivity index (χ3v) is 2.17. The zero-order valence-corrected chi connectivity index (χ0v) is 7.34. The number of rotatable bonds is 4. The highest BCUT2D eigenvalue weighted by Crippen LogP contribution is 2.14. The van der Waals surface area contributed by atoms with Crippen molar-refractivity contribution in [2.24, 2.45) is 0 Å². The van der Waals surface area contributed by atoms with E-state index in [9.17, 15) is 0 Å². The molecule has 12 heavy (non-hydrogen) atoms. The van der Waals surface area contributed by atoms with Gasteiger partial charge in [0, 0.05) is 6.54 Å². The van der Waals surface area contributed by atoms with Gasteiger partial charge in [-0.05, 0) is 22.4 Å². The van der Waals surface area contributed by atoms with Crippen molar-refractivity contribution in [1.82, 2.24) is 5.32 Å². The average molecular weight is 182 g/mol. The predicted octanol–water partition coefficient (Wildman–Crippen LogP) is 0.895. The second-order valence-corrected chi connectivity index (χ2v) is 3.08. The second-order valence-electron chi connectivity index (χ2n) is 2.30. The highest BCUT2D eigenvalue weighted by molar-refractivity contribution is 7.07. The summed E-state index contributed by atoms with van der Waals surface area (Å²) in [6.45, 7) is 0.510. The molecule has 0 saturated heterocycles. The van der Waals surface area contributed by atoms with Crippen molar-refractivity contribution < 1.29 is 5.11 Å². The molecule has 0 radical (unpaired) electrons. The molecule has 0 aliphatic rings. The maximum absolute atomic E-state index is 8.73. The van der Waals surface area contributed by atoms with Gasteiger partial charge in [-0.3, -0.25) is 5.32 Å². The smallest absolute Gasteiger partial charge is 0.122 e. The Kier molecular flexibility index (Phi) is 3.74. The molecule has 2 N–H and O–H groups in total. The van der Waals surface area contributed by atoms with Crippen LogP contribution in [0.25, 0.3) is 0 Å². The Morgan fingerprint density at radius 3 is 3.08 bits per heavy atom. The van der Waals surface area contributed by atoms with Crippen LogP contribution < -0.4 is 5.32 Å². The fraction of sp³-hybridized carbons (Fsp3) is 0.375. The van der Waals surface area contributed by atoms with E-state index in [0.717, 1.165) is 5.56 Å². The largest absolute Gasteiger partial charge is 0.395 e. The molecule has 0 bridgehead atoms. The summed E-state index contributed by atoms with van der Waals surface area (Å²) < 4.78 is 0. The van der Waals surface area contributed by atoms with Gasteiger partial charge in [0.2, 0.25) is 0 Å². The SMILES string of the molecule is N#CC(NCCO)c1ccsc1. The molecule has 1 unspecified atom stereocenters. The third-order valence-electron chi connectivity index (χ3n) is 1.47. The lowest BCUT2D eigenvalue weighted by Gasteiger charge is -2.07. The zero-order valence-electron chi connectivity index (χ0n) is 6.53. The van der Waals surface area contributed by atoms with Gasteiger partial charge in [0.05, 0.1) is 12.7 Å². The first-order valence-corrected chi connectivity index (χ1v) is 4.58. The van der Waals surface area contributed by atoms with Crippen molar-refractivity contribution in [3.05, 3.63) is 22.4 Å². The van der Waals surface area contributed by atoms with Gasteiger partial charge in [0.25, 0.3) is 0 Å². The van der Waals surface area contributed by atoms with Gasteiger partial charge in [-0.1, -0.05) is 0 Å². The van der Waals surface area contributed by atoms with Crippen LogP contribution in [0.3, 0.4) is 0 Å². The van der Waals surface area contributed by atoms with Crippen molar-refractivity contribution in [1.29, 1.82) is 5.26 Å². The standard InChI is InChI=1S/C8H10N2OS/c9-5-8(10-2-3-11)7-1-4-12-6-7/h1,4,6,8,10-11H,2-3H2. The summed E-state index contributed by atoms with van der Waals surface area (Å²) in [5.41, 5.74) is 0.968. The van der Waals surface area contributed by atoms with E-state index < -0.39 is 0 Å². The van der Waals surface area contributed by atoms with Crippen molar-refractivity contribution >= 4 is 11.3 Å². The molecular formula is C8H10N2OS. The lowest BCUT2D eigenvalue weighted by atomic mass is 10.2. The Labute approximate surface area is 75.3 Å². The van der Waals surface area contributed by atoms with Crippen LogP contribution in [0.15, 0.2) is 16.8 Å². The Morgan fingerprint density at radius 1 is 1.75 bits per heavy atom. The maximum Gasteiger partial charge on any atom is 0.122 e. The molecule has 1 aromatic heterocycles. The van der Waals surface area contributed by atoms with E-state index in [2.05, 4.69) is 11.4 Å². The van der Waals surface area contributed by atoms with Crippen molar-refractivity contribution in [2.45, 2.75) is 6.04 Å². The second kappa shape index (κ2) is 4.88. The summed E-state index contributed by atoms with van der Waals surface area (Å²) in [5.74, 6) is 0. The van der Waals surface area contributed by atoms with Crippen molar-refractivity contribution in [2.75, 3.05) is 13.2 Å². The van der Waals surface area contributed by atoms with Gasteiger partial charge < -0.3 is 5.11 Å². The van der Waals surface area contributed by atoms with E-state index in [4.69, 9.17) is 10.4 Å². The minimum atomic E-state index is -0.289. The van der Waals surface area contributed by atoms with Crippen molar-refractivity contribution in [3.63, 3.8) is 0 Å². The Bertz CT molecular complexity index is 253. The minimum Gasteiger partial charge on any atom is -0.395 e. The maximum atomic E-state index is 8.73. The first-order valence-electron chi connectivity index (χ1n) is 3.64. The van der Waals surface area contributed by atoms with Gasteiger partial charge in [-0.15, -0.1) is 0 Å². The molecule has 3 nitrogen and oxygen atoms in total. The molecule has 0 fully saturated rings. The molecule has 0 aromatic carbocycles. The monoisotopic (exact) mass is 182 g/mol. The number of aliphatic hydroxyl groups is 1. The van der Waals surface area contributed by atoms with Gasteiger partial charge in [-0.2, -0.15) is 16.6 Å². The number of hydrogen-bond donors (Lipinski definition) is 2. The van der Waals surface area contributed by atoms with E-state index in [1.165, 1.54) is 0 Å². The van der Waals surface area contributed by atoms with Gasteiger partial charge in [-0.25, -0.2) is 0 Å². The molecule has 0 amide bonds. The number of nitriles is 1. The number of thiophene rings is 1. The minimum absolute atomic E-state index is 0.0579. The number of hydrogen-bond acceptors (Lipinski definition) is 4. The fourth-order valence-electron chi connectivity index (χ4n) is 0.886. The molecule has 0 spiro atoms. The van der Waals surface area contributed by atoms with Crippen molar-refractivity contribution in [3.8, 4) is 6.07 Å². The van der Waals surface area contributed by atoms with Gasteiger partial charge in [0.1, 0.15) is 6.04 Å². The Morgan fingerprint density at radius 2 is 2.58 bits per heavy atom. The van der Waals surface area contributed by atoms with E-state index in [1.807, 2.05) is 16.8 Å². The van der Waals surface area contributed by atoms with Crippen LogP contribution in [0.4, 0.5) is 0 Å². The van der Waals surface area contributed by atoms with Crippen LogP contribution in [0.1, 0.15) is 11.6 Å². The van der Waals surface area contributed by atoms with E-state index in [1.54, 1.807) is 11.3 Å². The van der Waals surface area contributed by atoms with Gasteiger partial charge in [0.15, 0.2) is 0 Å². The Balaban J connectivity index is 2.53. The fourth-order valence-corrected chi connectivity index (χ4v) is 1.57. The topological polar surface area (TPSA) is 56.0 Å². The van der Waals surface area contributed by atoms with E-state index in [0.29, 0.717) is 6.54 Å². The molecule has 1 heterocycles. The van der Waals surface area contributed by atoms with Crippen LogP contribution in [0, 0.1) is 11.3 Å². The van der Waals surface area contributed by atoms with E-state index in [-0.39, 0.29) is 12.6 Å². The van der Waals surface area contributed by atoms with Crippen LogP contribution in [-0.2, 0) is 0 Å². The number of nitrogens with zero attached hydrogens (tertiary/aromatic N) is 1. The van der Waals surface area contributed by atoms with Crippen LogP contribution >= 0.6 is 11.3 Å². The zero-order chi connectivity index (χ0) is 8.81. The lowest BCUT2D eigenvalue weighted by Crippen LogP contribution is -2.22. The average Bonchev–Trinajstić information content (AvgIpc) is 2.59. The molecule has 0 saturated carbocycles. The molecule has 1 rings (SSSR count). The Hall–Kier alpha value is -0.890. The lowest BCUT2D eigenvalue weighted by molar-refractivity contribution is 0.289. The first kappa shape index (κ1) is 9.20. The quantitative estimate of drug-likeness (QED) is 0.727. The molecule has 64 valence electrons. The predicted molar refractivity (Wildman–Crippen MR) is 47.8 cm³/mol. The molecule has 0 aliphatic heterocycles. The van der Waals surface area contributed by atoms with Gasteiger partial charge >= 0.3 is 0 Å². The number of aliphatic hydroxyl groups excluding tert-OH is 1. The summed E-state index contributed by atoms with van der Waals surface area (Å²) in [6.07, 6.45) is 0. The summed E-state index contributed by atoms with van der Waals surface area (Å²) in [5, 5.41) is 24.1. The van der Waals surface area contributed by atoms with Crippen LogP contribution in [-0.4, -0.2) is 18.3 Å². The third kappa shape index (κ3) is 2.31. The molecule has 0 aliphatic carbocycles. The first-order chi connectivity index (χ1) is 5.88. The van der Waals surface area contributed by atoms with E-state index >= 15 is 0 Å². The summed E-state index contributed by atoms with van der Waals surface area (Å²) in [4.78, 5) is 0. The van der Waals surface area contributed by atoms with Crippen LogP contribution in [0.5, 0.6) is 0 Å². The summed E-state index contributed by atoms with van der Waals surface area (Å²) in [6, 6.07) is 3.74. The molecule has 4 heteroatoms. The molecule has 1 aromatic rings. The summed E-state index contributed by atoms with van der Waals surface area (Å²) in [7, 11) is 0. The number of nitrogens with one attached hydrogen (secondary N) is 1.